The summed E-state index contributed by atoms with van der Waals surface area (Å²) in [5.41, 5.74) is 1.80. The quantitative estimate of drug-likeness (QED) is 0.885. The zero-order chi connectivity index (χ0) is 14.7. The second-order valence-corrected chi connectivity index (χ2v) is 5.33. The molecule has 1 aliphatic rings. The van der Waals surface area contributed by atoms with Crippen LogP contribution in [0.4, 0.5) is 5.82 Å². The molecular formula is C15H19N5O. The van der Waals surface area contributed by atoms with Crippen molar-refractivity contribution < 1.29 is 4.79 Å². The fourth-order valence-electron chi connectivity index (χ4n) is 2.52. The molecule has 1 atom stereocenters. The summed E-state index contributed by atoms with van der Waals surface area (Å²) < 4.78 is 1.79. The maximum absolute atomic E-state index is 12.2. The molecule has 6 nitrogen and oxygen atoms in total. The van der Waals surface area contributed by atoms with E-state index in [-0.39, 0.29) is 11.8 Å². The summed E-state index contributed by atoms with van der Waals surface area (Å²) in [7, 11) is 0. The summed E-state index contributed by atoms with van der Waals surface area (Å²) in [5, 5.41) is 10.6. The molecule has 0 aliphatic carbocycles. The second kappa shape index (κ2) is 6.05. The van der Waals surface area contributed by atoms with E-state index < -0.39 is 0 Å². The fraction of sp³-hybridized carbons (Fsp3) is 0.400. The van der Waals surface area contributed by atoms with E-state index >= 15 is 0 Å². The number of aromatic nitrogens is 3. The Bertz CT molecular complexity index is 616. The number of nitrogens with zero attached hydrogens (tertiary/aromatic N) is 3. The van der Waals surface area contributed by atoms with E-state index in [2.05, 4.69) is 20.7 Å². The van der Waals surface area contributed by atoms with Gasteiger partial charge in [-0.05, 0) is 32.0 Å². The average Bonchev–Trinajstić information content (AvgIpc) is 3.11. The number of nitrogens with one attached hydrogen (secondary N) is 2. The standard InChI is InChI=1S/C15H19N5O/c1-11-8-14(18-15(21)12-5-7-16-9-12)20(19-11)10-13-4-2-3-6-17-13/h2-4,6,8,12,16H,5,7,9-10H2,1H3,(H,18,21)/t12-/m1/s1. The summed E-state index contributed by atoms with van der Waals surface area (Å²) in [6.45, 7) is 4.12. The highest BCUT2D eigenvalue weighted by Gasteiger charge is 2.23. The van der Waals surface area contributed by atoms with E-state index in [1.807, 2.05) is 31.2 Å². The van der Waals surface area contributed by atoms with Crippen molar-refractivity contribution in [2.75, 3.05) is 18.4 Å². The molecule has 2 N–H and O–H groups in total. The third kappa shape index (κ3) is 3.28. The number of hydrogen-bond acceptors (Lipinski definition) is 4. The molecule has 0 saturated carbocycles. The summed E-state index contributed by atoms with van der Waals surface area (Å²) in [6.07, 6.45) is 2.65. The summed E-state index contributed by atoms with van der Waals surface area (Å²) in [5.74, 6) is 0.834. The van der Waals surface area contributed by atoms with Gasteiger partial charge in [-0.1, -0.05) is 6.07 Å². The van der Waals surface area contributed by atoms with Gasteiger partial charge in [0.25, 0.3) is 0 Å². The highest BCUT2D eigenvalue weighted by molar-refractivity contribution is 5.92. The maximum Gasteiger partial charge on any atom is 0.229 e. The first-order valence-electron chi connectivity index (χ1n) is 7.18. The highest BCUT2D eigenvalue weighted by atomic mass is 16.2. The third-order valence-electron chi connectivity index (χ3n) is 3.62. The Balaban J connectivity index is 1.74. The number of rotatable bonds is 4. The van der Waals surface area contributed by atoms with Crippen LogP contribution in [0.1, 0.15) is 17.8 Å². The Morgan fingerprint density at radius 3 is 3.14 bits per heavy atom. The maximum atomic E-state index is 12.2. The van der Waals surface area contributed by atoms with Gasteiger partial charge in [-0.15, -0.1) is 0 Å². The van der Waals surface area contributed by atoms with Gasteiger partial charge in [-0.25, -0.2) is 4.68 Å². The number of amides is 1. The molecule has 2 aromatic heterocycles. The first-order chi connectivity index (χ1) is 10.2. The molecule has 3 rings (SSSR count). The number of anilines is 1. The molecule has 0 radical (unpaired) electrons. The zero-order valence-electron chi connectivity index (χ0n) is 12.0. The van der Waals surface area contributed by atoms with Crippen LogP contribution in [0.3, 0.4) is 0 Å². The fourth-order valence-corrected chi connectivity index (χ4v) is 2.52. The summed E-state index contributed by atoms with van der Waals surface area (Å²) in [4.78, 5) is 16.5. The summed E-state index contributed by atoms with van der Waals surface area (Å²) >= 11 is 0. The molecule has 0 unspecified atom stereocenters. The smallest absolute Gasteiger partial charge is 0.229 e. The van der Waals surface area contributed by atoms with Gasteiger partial charge >= 0.3 is 0 Å². The van der Waals surface area contributed by atoms with Crippen molar-refractivity contribution in [2.24, 2.45) is 5.92 Å². The molecule has 110 valence electrons. The molecule has 2 aromatic rings. The number of hydrogen-bond donors (Lipinski definition) is 2. The predicted molar refractivity (Wildman–Crippen MR) is 79.9 cm³/mol. The number of carbonyl (C=O) groups is 1. The lowest BCUT2D eigenvalue weighted by atomic mass is 10.1. The minimum atomic E-state index is 0.0449. The van der Waals surface area contributed by atoms with E-state index in [9.17, 15) is 4.79 Å². The van der Waals surface area contributed by atoms with Gasteiger partial charge in [-0.2, -0.15) is 5.10 Å². The van der Waals surface area contributed by atoms with Crippen molar-refractivity contribution in [3.8, 4) is 0 Å². The Kier molecular flexibility index (Phi) is 3.96. The van der Waals surface area contributed by atoms with Gasteiger partial charge in [0.15, 0.2) is 0 Å². The third-order valence-corrected chi connectivity index (χ3v) is 3.62. The van der Waals surface area contributed by atoms with Crippen LogP contribution in [0.15, 0.2) is 30.5 Å². The lowest BCUT2D eigenvalue weighted by molar-refractivity contribution is -0.119. The number of pyridine rings is 1. The second-order valence-electron chi connectivity index (χ2n) is 5.33. The van der Waals surface area contributed by atoms with Crippen LogP contribution in [0.5, 0.6) is 0 Å². The predicted octanol–water partition coefficient (Wildman–Crippen LogP) is 1.18. The van der Waals surface area contributed by atoms with E-state index in [4.69, 9.17) is 0 Å². The molecule has 21 heavy (non-hydrogen) atoms. The average molecular weight is 285 g/mol. The van der Waals surface area contributed by atoms with Crippen LogP contribution < -0.4 is 10.6 Å². The van der Waals surface area contributed by atoms with Gasteiger partial charge < -0.3 is 10.6 Å². The lowest BCUT2D eigenvalue weighted by Gasteiger charge is -2.11. The normalized spacial score (nSPS) is 17.9. The largest absolute Gasteiger partial charge is 0.316 e. The molecular weight excluding hydrogens is 266 g/mol. The van der Waals surface area contributed by atoms with Gasteiger partial charge in [0, 0.05) is 18.8 Å². The molecule has 0 bridgehead atoms. The van der Waals surface area contributed by atoms with Crippen molar-refractivity contribution in [1.82, 2.24) is 20.1 Å². The van der Waals surface area contributed by atoms with Gasteiger partial charge in [0.1, 0.15) is 5.82 Å². The van der Waals surface area contributed by atoms with Crippen LogP contribution >= 0.6 is 0 Å². The Morgan fingerprint density at radius 1 is 1.52 bits per heavy atom. The van der Waals surface area contributed by atoms with Gasteiger partial charge in [0.05, 0.1) is 23.9 Å². The zero-order valence-corrected chi connectivity index (χ0v) is 12.0. The Morgan fingerprint density at radius 2 is 2.43 bits per heavy atom. The van der Waals surface area contributed by atoms with Crippen molar-refractivity contribution >= 4 is 11.7 Å². The lowest BCUT2D eigenvalue weighted by Crippen LogP contribution is -2.26. The van der Waals surface area contributed by atoms with Crippen molar-refractivity contribution in [1.29, 1.82) is 0 Å². The summed E-state index contributed by atoms with van der Waals surface area (Å²) in [6, 6.07) is 7.67. The molecule has 6 heteroatoms. The SMILES string of the molecule is Cc1cc(NC(=O)[C@@H]2CCNC2)n(Cc2ccccn2)n1. The van der Waals surface area contributed by atoms with Crippen LogP contribution in [0.2, 0.25) is 0 Å². The number of carbonyl (C=O) groups excluding carboxylic acids is 1. The van der Waals surface area contributed by atoms with Crippen LogP contribution in [-0.2, 0) is 11.3 Å². The number of aryl methyl sites for hydroxylation is 1. The Labute approximate surface area is 123 Å². The van der Waals surface area contributed by atoms with E-state index in [0.29, 0.717) is 6.54 Å². The van der Waals surface area contributed by atoms with E-state index in [1.54, 1.807) is 10.9 Å². The van der Waals surface area contributed by atoms with Crippen molar-refractivity contribution in [2.45, 2.75) is 19.9 Å². The minimum absolute atomic E-state index is 0.0449. The highest BCUT2D eigenvalue weighted by Crippen LogP contribution is 2.15. The molecule has 3 heterocycles. The van der Waals surface area contributed by atoms with Gasteiger partial charge in [-0.3, -0.25) is 9.78 Å². The van der Waals surface area contributed by atoms with Crippen LogP contribution in [0, 0.1) is 12.8 Å². The van der Waals surface area contributed by atoms with Crippen LogP contribution in [0.25, 0.3) is 0 Å². The Hall–Kier alpha value is -2.21. The monoisotopic (exact) mass is 285 g/mol. The molecule has 1 aliphatic heterocycles. The molecule has 0 spiro atoms. The van der Waals surface area contributed by atoms with Crippen molar-refractivity contribution in [3.63, 3.8) is 0 Å². The molecule has 1 saturated heterocycles. The van der Waals surface area contributed by atoms with E-state index in [1.165, 1.54) is 0 Å². The molecule has 1 amide bonds. The van der Waals surface area contributed by atoms with Gasteiger partial charge in [0.2, 0.25) is 5.91 Å². The first kappa shape index (κ1) is 13.8. The molecule has 1 fully saturated rings. The minimum Gasteiger partial charge on any atom is -0.316 e. The van der Waals surface area contributed by atoms with Crippen molar-refractivity contribution in [3.05, 3.63) is 41.9 Å². The first-order valence-corrected chi connectivity index (χ1v) is 7.18. The topological polar surface area (TPSA) is 71.8 Å². The molecule has 0 aromatic carbocycles. The van der Waals surface area contributed by atoms with E-state index in [0.717, 1.165) is 36.7 Å². The van der Waals surface area contributed by atoms with Crippen LogP contribution in [-0.4, -0.2) is 33.8 Å².